The maximum atomic E-state index is 11.7. The van der Waals surface area contributed by atoms with Crippen molar-refractivity contribution in [2.24, 2.45) is 0 Å². The van der Waals surface area contributed by atoms with Gasteiger partial charge in [-0.25, -0.2) is 0 Å². The summed E-state index contributed by atoms with van der Waals surface area (Å²) in [4.78, 5) is 23.1. The third kappa shape index (κ3) is 3.21. The molecule has 2 N–H and O–H groups in total. The predicted molar refractivity (Wildman–Crippen MR) is 92.5 cm³/mol. The second kappa shape index (κ2) is 6.68. The molecule has 0 aromatic heterocycles. The molecule has 2 amide bonds. The fraction of sp³-hybridized carbons (Fsp3) is 0. The molecule has 3 aromatic rings. The smallest absolute Gasteiger partial charge is 0.282 e. The van der Waals surface area contributed by atoms with Crippen LogP contribution in [0.4, 0.5) is 0 Å². The summed E-state index contributed by atoms with van der Waals surface area (Å²) in [7, 11) is -4.00. The third-order valence-electron chi connectivity index (χ3n) is 3.80. The minimum atomic E-state index is -4.00. The molecule has 4 rings (SSSR count). The second-order valence-corrected chi connectivity index (χ2v) is 6.84. The lowest BCUT2D eigenvalue weighted by Crippen LogP contribution is -2.25. The van der Waals surface area contributed by atoms with Crippen LogP contribution in [-0.4, -0.2) is 35.1 Å². The maximum absolute atomic E-state index is 11.7. The van der Waals surface area contributed by atoms with Crippen LogP contribution in [-0.2, 0) is 10.1 Å². The Balaban J connectivity index is 0.000000170. The van der Waals surface area contributed by atoms with Gasteiger partial charge in [0.1, 0.15) is 0 Å². The Morgan fingerprint density at radius 3 is 2.00 bits per heavy atom. The van der Waals surface area contributed by atoms with Gasteiger partial charge in [0.15, 0.2) is 0 Å². The van der Waals surface area contributed by atoms with Crippen molar-refractivity contribution < 1.29 is 27.8 Å². The average Bonchev–Trinajstić information content (AvgIpc) is 2.87. The first kappa shape index (κ1) is 17.7. The maximum Gasteiger partial charge on any atom is 0.294 e. The van der Waals surface area contributed by atoms with Crippen LogP contribution in [0.1, 0.15) is 20.7 Å². The minimum absolute atomic E-state index is 0.0741. The van der Waals surface area contributed by atoms with Gasteiger partial charge in [0.05, 0.1) is 16.0 Å². The number of carbonyl (C=O) groups is 2. The van der Waals surface area contributed by atoms with E-state index in [1.807, 2.05) is 12.1 Å². The summed E-state index contributed by atoms with van der Waals surface area (Å²) in [5.41, 5.74) is 0.539. The summed E-state index contributed by atoms with van der Waals surface area (Å²) >= 11 is 0. The van der Waals surface area contributed by atoms with E-state index in [9.17, 15) is 23.2 Å². The van der Waals surface area contributed by atoms with E-state index in [-0.39, 0.29) is 21.1 Å². The number of carbonyl (C=O) groups excluding carboxylic acids is 2. The largest absolute Gasteiger partial charge is 0.294 e. The molecule has 0 saturated carbocycles. The standard InChI is InChI=1S/C12H7NO3.C6H6O3S/c14-11-9-6-5-7-3-1-2-4-8(7)10(9)12(15)13(11)16;7-10(8,9)6-4-2-1-3-5-6/h1-6,16H;1-5H,(H,7,8,9). The number of nitrogens with zero attached hydrogens (tertiary/aromatic N) is 1. The van der Waals surface area contributed by atoms with Crippen LogP contribution in [0, 0.1) is 0 Å². The zero-order chi connectivity index (χ0) is 18.9. The van der Waals surface area contributed by atoms with E-state index in [4.69, 9.17) is 4.55 Å². The number of amides is 2. The normalized spacial score (nSPS) is 13.4. The van der Waals surface area contributed by atoms with Gasteiger partial charge in [0, 0.05) is 0 Å². The zero-order valence-electron chi connectivity index (χ0n) is 13.2. The van der Waals surface area contributed by atoms with Gasteiger partial charge < -0.3 is 0 Å². The lowest BCUT2D eigenvalue weighted by atomic mass is 10.0. The third-order valence-corrected chi connectivity index (χ3v) is 4.67. The fourth-order valence-corrected chi connectivity index (χ4v) is 3.09. The Bertz CT molecular complexity index is 1110. The van der Waals surface area contributed by atoms with E-state index >= 15 is 0 Å². The van der Waals surface area contributed by atoms with Crippen molar-refractivity contribution in [3.05, 3.63) is 77.9 Å². The average molecular weight is 371 g/mol. The van der Waals surface area contributed by atoms with E-state index < -0.39 is 21.9 Å². The summed E-state index contributed by atoms with van der Waals surface area (Å²) < 4.78 is 29.2. The molecule has 1 aliphatic heterocycles. The van der Waals surface area contributed by atoms with Gasteiger partial charge in [0.25, 0.3) is 21.9 Å². The molecule has 0 bridgehead atoms. The molecular weight excluding hydrogens is 358 g/mol. The zero-order valence-corrected chi connectivity index (χ0v) is 14.1. The van der Waals surface area contributed by atoms with Crippen molar-refractivity contribution in [3.8, 4) is 0 Å². The van der Waals surface area contributed by atoms with Crippen molar-refractivity contribution in [2.75, 3.05) is 0 Å². The van der Waals surface area contributed by atoms with E-state index in [2.05, 4.69) is 0 Å². The molecule has 0 unspecified atom stereocenters. The van der Waals surface area contributed by atoms with Crippen LogP contribution in [0.5, 0.6) is 0 Å². The van der Waals surface area contributed by atoms with Gasteiger partial charge in [-0.1, -0.05) is 48.5 Å². The van der Waals surface area contributed by atoms with Crippen LogP contribution >= 0.6 is 0 Å². The van der Waals surface area contributed by atoms with E-state index in [0.717, 1.165) is 5.39 Å². The molecule has 0 radical (unpaired) electrons. The van der Waals surface area contributed by atoms with Gasteiger partial charge in [-0.05, 0) is 29.0 Å². The predicted octanol–water partition coefficient (Wildman–Crippen LogP) is 2.76. The molecule has 0 fully saturated rings. The molecule has 1 heterocycles. The monoisotopic (exact) mass is 371 g/mol. The summed E-state index contributed by atoms with van der Waals surface area (Å²) in [5, 5.41) is 11.0. The Morgan fingerprint density at radius 2 is 1.38 bits per heavy atom. The second-order valence-electron chi connectivity index (χ2n) is 5.42. The first-order valence-corrected chi connectivity index (χ1v) is 8.86. The first-order valence-electron chi connectivity index (χ1n) is 7.42. The summed E-state index contributed by atoms with van der Waals surface area (Å²) in [6.45, 7) is 0. The lowest BCUT2D eigenvalue weighted by molar-refractivity contribution is -0.0326. The number of benzene rings is 3. The molecule has 8 heteroatoms. The highest BCUT2D eigenvalue weighted by atomic mass is 32.2. The van der Waals surface area contributed by atoms with Gasteiger partial charge in [-0.15, -0.1) is 5.06 Å². The molecule has 0 spiro atoms. The van der Waals surface area contributed by atoms with E-state index in [1.165, 1.54) is 12.1 Å². The summed E-state index contributed by atoms with van der Waals surface area (Å²) in [6.07, 6.45) is 0. The molecule has 26 heavy (non-hydrogen) atoms. The van der Waals surface area contributed by atoms with Crippen LogP contribution in [0.15, 0.2) is 71.6 Å². The Morgan fingerprint density at radius 1 is 0.769 bits per heavy atom. The van der Waals surface area contributed by atoms with Crippen LogP contribution in [0.25, 0.3) is 10.8 Å². The van der Waals surface area contributed by atoms with Crippen molar-refractivity contribution in [1.29, 1.82) is 0 Å². The van der Waals surface area contributed by atoms with Gasteiger partial charge in [0.2, 0.25) is 0 Å². The van der Waals surface area contributed by atoms with E-state index in [0.29, 0.717) is 5.39 Å². The number of hydrogen-bond acceptors (Lipinski definition) is 5. The molecule has 0 aliphatic carbocycles. The van der Waals surface area contributed by atoms with Crippen LogP contribution in [0.2, 0.25) is 0 Å². The molecule has 7 nitrogen and oxygen atoms in total. The Kier molecular flexibility index (Phi) is 4.56. The molecule has 0 atom stereocenters. The van der Waals surface area contributed by atoms with Crippen LogP contribution in [0.3, 0.4) is 0 Å². The summed E-state index contributed by atoms with van der Waals surface area (Å²) in [5.74, 6) is -1.32. The summed E-state index contributed by atoms with van der Waals surface area (Å²) in [6, 6.07) is 18.0. The molecule has 3 aromatic carbocycles. The van der Waals surface area contributed by atoms with Crippen molar-refractivity contribution in [1.82, 2.24) is 5.06 Å². The number of fused-ring (bicyclic) bond motifs is 3. The molecule has 0 saturated heterocycles. The van der Waals surface area contributed by atoms with Gasteiger partial charge in [-0.3, -0.25) is 19.3 Å². The van der Waals surface area contributed by atoms with Crippen molar-refractivity contribution in [3.63, 3.8) is 0 Å². The molecule has 132 valence electrons. The number of hydroxylamine groups is 2. The molecular formula is C18H13NO6S. The Labute approximate surface area is 148 Å². The van der Waals surface area contributed by atoms with Crippen LogP contribution < -0.4 is 0 Å². The molecule has 1 aliphatic rings. The van der Waals surface area contributed by atoms with Gasteiger partial charge >= 0.3 is 0 Å². The number of rotatable bonds is 1. The number of imide groups is 1. The fourth-order valence-electron chi connectivity index (χ4n) is 2.58. The van der Waals surface area contributed by atoms with Gasteiger partial charge in [-0.2, -0.15) is 8.42 Å². The SMILES string of the molecule is O=C1c2ccc3ccccc3c2C(=O)N1O.O=S(=O)(O)c1ccccc1. The highest BCUT2D eigenvalue weighted by Crippen LogP contribution is 2.29. The first-order chi connectivity index (χ1) is 12.3. The van der Waals surface area contributed by atoms with Crippen molar-refractivity contribution in [2.45, 2.75) is 4.90 Å². The highest BCUT2D eigenvalue weighted by molar-refractivity contribution is 7.85. The lowest BCUT2D eigenvalue weighted by Gasteiger charge is -2.01. The number of hydrogen-bond donors (Lipinski definition) is 2. The highest BCUT2D eigenvalue weighted by Gasteiger charge is 2.36. The quantitative estimate of drug-likeness (QED) is 0.386. The minimum Gasteiger partial charge on any atom is -0.282 e. The van der Waals surface area contributed by atoms with Crippen molar-refractivity contribution >= 4 is 32.7 Å². The topological polar surface area (TPSA) is 112 Å². The Hall–Kier alpha value is -3.07. The van der Waals surface area contributed by atoms with E-state index in [1.54, 1.807) is 42.5 Å².